The number of hydrogen-bond acceptors (Lipinski definition) is 7. The first kappa shape index (κ1) is 14.7. The monoisotopic (exact) mass is 331 g/mol. The SMILES string of the molecule is N#Cc1c(N)c2nnn(-c3ccc(S(N)(=O)=O)cc3)c2[nH]c1=O. The van der Waals surface area contributed by atoms with E-state index in [1.165, 1.54) is 28.9 Å². The van der Waals surface area contributed by atoms with Crippen LogP contribution in [0.1, 0.15) is 5.56 Å². The number of nitrogens with two attached hydrogens (primary N) is 2. The largest absolute Gasteiger partial charge is 0.396 e. The lowest BCUT2D eigenvalue weighted by molar-refractivity contribution is 0.598. The van der Waals surface area contributed by atoms with Gasteiger partial charge >= 0.3 is 0 Å². The first-order valence-corrected chi connectivity index (χ1v) is 7.68. The number of benzene rings is 1. The number of nitriles is 1. The van der Waals surface area contributed by atoms with E-state index in [0.717, 1.165) is 0 Å². The summed E-state index contributed by atoms with van der Waals surface area (Å²) in [4.78, 5) is 14.2. The summed E-state index contributed by atoms with van der Waals surface area (Å²) in [5.41, 5.74) is 5.56. The molecular formula is C12H9N7O3S. The topological polar surface area (TPSA) is 174 Å². The Bertz CT molecular complexity index is 1120. The summed E-state index contributed by atoms with van der Waals surface area (Å²) in [5.74, 6) is 0. The van der Waals surface area contributed by atoms with Gasteiger partial charge < -0.3 is 10.7 Å². The summed E-state index contributed by atoms with van der Waals surface area (Å²) >= 11 is 0. The van der Waals surface area contributed by atoms with Crippen molar-refractivity contribution < 1.29 is 8.42 Å². The van der Waals surface area contributed by atoms with Crippen LogP contribution in [0.2, 0.25) is 0 Å². The highest BCUT2D eigenvalue weighted by Gasteiger charge is 2.16. The maximum atomic E-state index is 11.8. The number of nitrogen functional groups attached to an aromatic ring is 1. The number of primary sulfonamides is 1. The lowest BCUT2D eigenvalue weighted by Crippen LogP contribution is -2.15. The van der Waals surface area contributed by atoms with Crippen LogP contribution in [0.15, 0.2) is 34.0 Å². The molecule has 0 atom stereocenters. The van der Waals surface area contributed by atoms with Crippen molar-refractivity contribution in [2.75, 3.05) is 5.73 Å². The molecule has 0 radical (unpaired) electrons. The first-order valence-electron chi connectivity index (χ1n) is 6.13. The fourth-order valence-electron chi connectivity index (χ4n) is 2.05. The third kappa shape index (κ3) is 2.31. The smallest absolute Gasteiger partial charge is 0.269 e. The van der Waals surface area contributed by atoms with E-state index in [-0.39, 0.29) is 27.3 Å². The van der Waals surface area contributed by atoms with E-state index in [4.69, 9.17) is 16.1 Å². The average molecular weight is 331 g/mol. The molecule has 0 aliphatic rings. The van der Waals surface area contributed by atoms with Crippen LogP contribution in [-0.4, -0.2) is 28.4 Å². The van der Waals surface area contributed by atoms with Gasteiger partial charge in [-0.15, -0.1) is 5.10 Å². The number of sulfonamides is 1. The quantitative estimate of drug-likeness (QED) is 0.551. The Labute approximate surface area is 129 Å². The second-order valence-corrected chi connectivity index (χ2v) is 6.15. The number of nitrogens with one attached hydrogen (secondary N) is 1. The summed E-state index contributed by atoms with van der Waals surface area (Å²) in [5, 5.41) is 21.6. The first-order chi connectivity index (χ1) is 10.8. The Morgan fingerprint density at radius 2 is 1.91 bits per heavy atom. The molecule has 2 aromatic heterocycles. The molecule has 0 bridgehead atoms. The summed E-state index contributed by atoms with van der Waals surface area (Å²) in [6, 6.07) is 7.18. The van der Waals surface area contributed by atoms with Crippen LogP contribution in [0.25, 0.3) is 16.9 Å². The molecule has 0 spiro atoms. The van der Waals surface area contributed by atoms with E-state index in [0.29, 0.717) is 5.69 Å². The predicted molar refractivity (Wildman–Crippen MR) is 80.0 cm³/mol. The second-order valence-electron chi connectivity index (χ2n) is 4.59. The number of aromatic amines is 1. The molecule has 2 heterocycles. The third-order valence-electron chi connectivity index (χ3n) is 3.18. The zero-order chi connectivity index (χ0) is 16.8. The molecule has 1 aromatic carbocycles. The van der Waals surface area contributed by atoms with E-state index < -0.39 is 15.6 Å². The molecule has 0 saturated heterocycles. The molecule has 5 N–H and O–H groups in total. The Hall–Kier alpha value is -3.23. The summed E-state index contributed by atoms with van der Waals surface area (Å²) in [7, 11) is -3.81. The van der Waals surface area contributed by atoms with Crippen LogP contribution in [0.4, 0.5) is 5.69 Å². The molecule has 10 nitrogen and oxygen atoms in total. The number of hydrogen-bond donors (Lipinski definition) is 3. The van der Waals surface area contributed by atoms with Gasteiger partial charge in [0.05, 0.1) is 16.3 Å². The van der Waals surface area contributed by atoms with Crippen LogP contribution < -0.4 is 16.4 Å². The maximum absolute atomic E-state index is 11.8. The van der Waals surface area contributed by atoms with Crippen molar-refractivity contribution in [3.63, 3.8) is 0 Å². The van der Waals surface area contributed by atoms with Crippen LogP contribution in [0.5, 0.6) is 0 Å². The predicted octanol–water partition coefficient (Wildman–Crippen LogP) is -0.790. The molecule has 11 heteroatoms. The third-order valence-corrected chi connectivity index (χ3v) is 4.10. The van der Waals surface area contributed by atoms with E-state index in [1.807, 2.05) is 0 Å². The Kier molecular flexibility index (Phi) is 3.13. The van der Waals surface area contributed by atoms with Gasteiger partial charge in [-0.1, -0.05) is 5.21 Å². The molecule has 0 amide bonds. The van der Waals surface area contributed by atoms with E-state index in [2.05, 4.69) is 15.3 Å². The van der Waals surface area contributed by atoms with Gasteiger partial charge in [-0.3, -0.25) is 4.79 Å². The number of anilines is 1. The van der Waals surface area contributed by atoms with Crippen LogP contribution >= 0.6 is 0 Å². The Morgan fingerprint density at radius 1 is 1.26 bits per heavy atom. The highest BCUT2D eigenvalue weighted by molar-refractivity contribution is 7.89. The van der Waals surface area contributed by atoms with Gasteiger partial charge in [0.1, 0.15) is 11.6 Å². The van der Waals surface area contributed by atoms with Gasteiger partial charge in [-0.2, -0.15) is 9.94 Å². The molecule has 23 heavy (non-hydrogen) atoms. The molecule has 0 aliphatic heterocycles. The normalized spacial score (nSPS) is 11.5. The minimum Gasteiger partial charge on any atom is -0.396 e. The maximum Gasteiger partial charge on any atom is 0.269 e. The van der Waals surface area contributed by atoms with Gasteiger partial charge in [-0.25, -0.2) is 13.6 Å². The Balaban J connectivity index is 2.22. The zero-order valence-corrected chi connectivity index (χ0v) is 12.2. The molecule has 3 aromatic rings. The molecule has 0 fully saturated rings. The van der Waals surface area contributed by atoms with Crippen LogP contribution in [0.3, 0.4) is 0 Å². The molecule has 116 valence electrons. The number of fused-ring (bicyclic) bond motifs is 1. The average Bonchev–Trinajstić information content (AvgIpc) is 2.91. The van der Waals surface area contributed by atoms with Crippen molar-refractivity contribution in [2.24, 2.45) is 5.14 Å². The zero-order valence-electron chi connectivity index (χ0n) is 11.4. The number of nitrogens with zero attached hydrogens (tertiary/aromatic N) is 4. The van der Waals surface area contributed by atoms with Crippen molar-refractivity contribution in [1.29, 1.82) is 5.26 Å². The lowest BCUT2D eigenvalue weighted by atomic mass is 10.2. The lowest BCUT2D eigenvalue weighted by Gasteiger charge is -2.04. The van der Waals surface area contributed by atoms with Crippen molar-refractivity contribution in [2.45, 2.75) is 4.90 Å². The van der Waals surface area contributed by atoms with E-state index in [9.17, 15) is 13.2 Å². The van der Waals surface area contributed by atoms with Crippen LogP contribution in [-0.2, 0) is 10.0 Å². The fraction of sp³-hybridized carbons (Fsp3) is 0. The number of H-pyrrole nitrogens is 1. The van der Waals surface area contributed by atoms with Crippen molar-refractivity contribution in [1.82, 2.24) is 20.0 Å². The standard InChI is InChI=1S/C12H9N7O3S/c13-5-8-9(14)10-11(16-12(8)20)19(18-17-10)6-1-3-7(4-2-6)23(15,21)22/h1-4H,(H3,14,16,20)(H2,15,21,22). The second kappa shape index (κ2) is 4.90. The van der Waals surface area contributed by atoms with Gasteiger partial charge in [0.25, 0.3) is 5.56 Å². The minimum absolute atomic E-state index is 0.0644. The minimum atomic E-state index is -3.81. The summed E-state index contributed by atoms with van der Waals surface area (Å²) in [6.07, 6.45) is 0. The molecule has 3 rings (SSSR count). The number of aromatic nitrogens is 4. The molecule has 0 aliphatic carbocycles. The Morgan fingerprint density at radius 3 is 2.48 bits per heavy atom. The van der Waals surface area contributed by atoms with Crippen molar-refractivity contribution in [3.8, 4) is 11.8 Å². The highest BCUT2D eigenvalue weighted by Crippen LogP contribution is 2.20. The molecule has 0 saturated carbocycles. The van der Waals surface area contributed by atoms with E-state index in [1.54, 1.807) is 6.07 Å². The summed E-state index contributed by atoms with van der Waals surface area (Å²) < 4.78 is 23.8. The number of rotatable bonds is 2. The molecular weight excluding hydrogens is 322 g/mol. The van der Waals surface area contributed by atoms with Gasteiger partial charge in [0.15, 0.2) is 11.2 Å². The molecule has 0 unspecified atom stereocenters. The van der Waals surface area contributed by atoms with Gasteiger partial charge in [0, 0.05) is 0 Å². The van der Waals surface area contributed by atoms with Crippen molar-refractivity contribution >= 4 is 26.9 Å². The number of pyridine rings is 1. The van der Waals surface area contributed by atoms with Crippen LogP contribution in [0, 0.1) is 11.3 Å². The van der Waals surface area contributed by atoms with Gasteiger partial charge in [-0.05, 0) is 24.3 Å². The summed E-state index contributed by atoms with van der Waals surface area (Å²) in [6.45, 7) is 0. The van der Waals surface area contributed by atoms with Gasteiger partial charge in [0.2, 0.25) is 10.0 Å². The van der Waals surface area contributed by atoms with E-state index >= 15 is 0 Å². The fourth-order valence-corrected chi connectivity index (χ4v) is 2.57. The highest BCUT2D eigenvalue weighted by atomic mass is 32.2. The van der Waals surface area contributed by atoms with Crippen molar-refractivity contribution in [3.05, 3.63) is 40.2 Å².